The molecule has 223 valence electrons. The summed E-state index contributed by atoms with van der Waals surface area (Å²) in [6.07, 6.45) is 6.74. The van der Waals surface area contributed by atoms with Gasteiger partial charge in [-0.2, -0.15) is 16.9 Å². The van der Waals surface area contributed by atoms with Crippen LogP contribution in [0, 0.1) is 0 Å². The first-order chi connectivity index (χ1) is 20.0. The van der Waals surface area contributed by atoms with Crippen LogP contribution in [-0.2, 0) is 44.9 Å². The van der Waals surface area contributed by atoms with E-state index in [2.05, 4.69) is 71.6 Å². The van der Waals surface area contributed by atoms with Gasteiger partial charge in [0.2, 0.25) is 5.90 Å². The fourth-order valence-corrected chi connectivity index (χ4v) is 7.18. The van der Waals surface area contributed by atoms with Gasteiger partial charge in [-0.1, -0.05) is 24.3 Å². The van der Waals surface area contributed by atoms with E-state index in [1.54, 1.807) is 37.2 Å². The summed E-state index contributed by atoms with van der Waals surface area (Å²) in [5.41, 5.74) is 8.31. The standard InChI is InChI=1S/C33H37N3O3S2.Co/c1-5-36-30-12-11-28(40-4)19-29(30)33(2,20-23-9-10-25-21-41-22-26(25)17-23)31(36)13-14-34-35-32(37)24-7-6-8-27(18-24)39-16-15-38-3;/h6-14,17-19H,5,15-16,20-22H2,1-4H3,(H,35,37);/b31-13-,34-14+;. The van der Waals surface area contributed by atoms with Gasteiger partial charge in [0, 0.05) is 69.2 Å². The first kappa shape index (κ1) is 32.2. The van der Waals surface area contributed by atoms with Crippen molar-refractivity contribution in [3.63, 3.8) is 0 Å². The van der Waals surface area contributed by atoms with E-state index >= 15 is 0 Å². The van der Waals surface area contributed by atoms with Crippen LogP contribution >= 0.6 is 23.5 Å². The van der Waals surface area contributed by atoms with Crippen molar-refractivity contribution in [3.05, 3.63) is 100 Å². The SMILES string of the molecule is CCN1\C(=C/C=N/N=C(\O)c2cccc(OCCOC)c2)C(C)(Cc2ccc3c(c2)CSC3)c2cc(SC)ccc21.[Co]. The molecule has 0 bridgehead atoms. The molecule has 2 aliphatic rings. The number of anilines is 1. The topological polar surface area (TPSA) is 66.7 Å². The number of aliphatic hydroxyl groups excluding tert-OH is 1. The van der Waals surface area contributed by atoms with Crippen LogP contribution in [0.3, 0.4) is 0 Å². The van der Waals surface area contributed by atoms with Gasteiger partial charge in [0.25, 0.3) is 0 Å². The van der Waals surface area contributed by atoms with E-state index in [1.807, 2.05) is 30.0 Å². The van der Waals surface area contributed by atoms with Gasteiger partial charge in [0.1, 0.15) is 12.4 Å². The molecular formula is C33H37CoN3O3S2. The number of hydrogen-bond acceptors (Lipinski definition) is 7. The van der Waals surface area contributed by atoms with Crippen molar-refractivity contribution in [1.29, 1.82) is 0 Å². The Hall–Kier alpha value is -2.69. The van der Waals surface area contributed by atoms with E-state index in [0.29, 0.717) is 24.5 Å². The minimum absolute atomic E-state index is 0. The summed E-state index contributed by atoms with van der Waals surface area (Å²) in [6.45, 7) is 6.28. The van der Waals surface area contributed by atoms with Crippen LogP contribution in [0.25, 0.3) is 0 Å². The minimum Gasteiger partial charge on any atom is -0.492 e. The van der Waals surface area contributed by atoms with Gasteiger partial charge in [-0.25, -0.2) is 0 Å². The summed E-state index contributed by atoms with van der Waals surface area (Å²) in [5.74, 6) is 2.67. The normalized spacial score (nSPS) is 18.8. The Morgan fingerprint density at radius 2 is 1.93 bits per heavy atom. The van der Waals surface area contributed by atoms with Crippen LogP contribution in [0.4, 0.5) is 5.69 Å². The molecule has 1 N–H and O–H groups in total. The molecule has 0 aliphatic carbocycles. The first-order valence-corrected chi connectivity index (χ1v) is 16.2. The molecule has 1 unspecified atom stereocenters. The van der Waals surface area contributed by atoms with Crippen LogP contribution < -0.4 is 9.64 Å². The van der Waals surface area contributed by atoms with Gasteiger partial charge in [-0.05, 0) is 91.3 Å². The van der Waals surface area contributed by atoms with Crippen LogP contribution in [0.5, 0.6) is 5.75 Å². The van der Waals surface area contributed by atoms with E-state index in [9.17, 15) is 5.11 Å². The molecule has 3 aromatic carbocycles. The van der Waals surface area contributed by atoms with Crippen LogP contribution in [0.15, 0.2) is 87.5 Å². The number of likely N-dealkylation sites (N-methyl/N-ethyl adjacent to an activating group) is 1. The maximum atomic E-state index is 10.6. The second-order valence-electron chi connectivity index (χ2n) is 10.3. The summed E-state index contributed by atoms with van der Waals surface area (Å²) in [5, 5.41) is 18.9. The van der Waals surface area contributed by atoms with E-state index in [1.165, 1.54) is 38.5 Å². The Bertz CT molecular complexity index is 1490. The van der Waals surface area contributed by atoms with Crippen molar-refractivity contribution in [2.75, 3.05) is 38.0 Å². The van der Waals surface area contributed by atoms with Crippen LogP contribution in [-0.4, -0.2) is 50.3 Å². The zero-order valence-electron chi connectivity index (χ0n) is 24.4. The molecule has 0 spiro atoms. The summed E-state index contributed by atoms with van der Waals surface area (Å²) in [6, 6.07) is 20.9. The average molecular weight is 647 g/mol. The van der Waals surface area contributed by atoms with E-state index in [-0.39, 0.29) is 28.1 Å². The van der Waals surface area contributed by atoms with Crippen molar-refractivity contribution in [2.24, 2.45) is 10.2 Å². The van der Waals surface area contributed by atoms with Crippen molar-refractivity contribution < 1.29 is 31.4 Å². The number of allylic oxidation sites excluding steroid dienone is 2. The smallest absolute Gasteiger partial charge is 0.238 e. The summed E-state index contributed by atoms with van der Waals surface area (Å²) in [7, 11) is 1.63. The number of rotatable bonds is 11. The molecular weight excluding hydrogens is 609 g/mol. The molecule has 9 heteroatoms. The predicted octanol–water partition coefficient (Wildman–Crippen LogP) is 7.39. The molecule has 0 saturated heterocycles. The van der Waals surface area contributed by atoms with E-state index in [4.69, 9.17) is 9.47 Å². The van der Waals surface area contributed by atoms with Crippen molar-refractivity contribution in [2.45, 2.75) is 42.1 Å². The van der Waals surface area contributed by atoms with Crippen molar-refractivity contribution >= 4 is 41.3 Å². The zero-order valence-corrected chi connectivity index (χ0v) is 27.1. The number of hydrogen-bond donors (Lipinski definition) is 1. The number of benzene rings is 3. The number of aliphatic hydroxyl groups is 1. The van der Waals surface area contributed by atoms with Gasteiger partial charge in [-0.3, -0.25) is 0 Å². The molecule has 0 fully saturated rings. The molecule has 5 rings (SSSR count). The Labute approximate surface area is 267 Å². The molecule has 2 aliphatic heterocycles. The monoisotopic (exact) mass is 646 g/mol. The predicted molar refractivity (Wildman–Crippen MR) is 173 cm³/mol. The van der Waals surface area contributed by atoms with Gasteiger partial charge >= 0.3 is 0 Å². The minimum atomic E-state index is -0.247. The number of thioether (sulfide) groups is 2. The fourth-order valence-electron chi connectivity index (χ4n) is 5.65. The van der Waals surface area contributed by atoms with Crippen LogP contribution in [0.1, 0.15) is 41.7 Å². The second-order valence-corrected chi connectivity index (χ2v) is 12.2. The fraction of sp³-hybridized carbons (Fsp3) is 0.333. The third-order valence-electron chi connectivity index (χ3n) is 7.70. The number of fused-ring (bicyclic) bond motifs is 2. The number of methoxy groups -OCH3 is 1. The molecule has 0 saturated carbocycles. The molecule has 42 heavy (non-hydrogen) atoms. The van der Waals surface area contributed by atoms with Crippen LogP contribution in [0.2, 0.25) is 0 Å². The number of nitrogens with zero attached hydrogens (tertiary/aromatic N) is 3. The molecule has 3 aromatic rings. The second kappa shape index (κ2) is 14.7. The van der Waals surface area contributed by atoms with Crippen molar-refractivity contribution in [3.8, 4) is 5.75 Å². The Morgan fingerprint density at radius 3 is 2.71 bits per heavy atom. The van der Waals surface area contributed by atoms with Gasteiger partial charge < -0.3 is 19.5 Å². The maximum Gasteiger partial charge on any atom is 0.238 e. The third kappa shape index (κ3) is 6.92. The average Bonchev–Trinajstić information content (AvgIpc) is 3.55. The summed E-state index contributed by atoms with van der Waals surface area (Å²) < 4.78 is 10.7. The van der Waals surface area contributed by atoms with Gasteiger partial charge in [-0.15, -0.1) is 16.9 Å². The zero-order chi connectivity index (χ0) is 28.8. The third-order valence-corrected chi connectivity index (χ3v) is 9.46. The Balaban J connectivity index is 0.00000405. The Kier molecular flexibility index (Phi) is 11.2. The Morgan fingerprint density at radius 1 is 1.10 bits per heavy atom. The molecule has 2 heterocycles. The largest absolute Gasteiger partial charge is 0.492 e. The molecule has 0 aromatic heterocycles. The molecule has 0 amide bonds. The van der Waals surface area contributed by atoms with E-state index < -0.39 is 0 Å². The van der Waals surface area contributed by atoms with E-state index in [0.717, 1.165) is 24.5 Å². The molecule has 1 radical (unpaired) electrons. The quantitative estimate of drug-likeness (QED) is 0.0771. The van der Waals surface area contributed by atoms with Crippen molar-refractivity contribution in [1.82, 2.24) is 0 Å². The summed E-state index contributed by atoms with van der Waals surface area (Å²) in [4.78, 5) is 3.63. The maximum absolute atomic E-state index is 10.6. The molecule has 1 atom stereocenters. The number of ether oxygens (including phenoxy) is 2. The van der Waals surface area contributed by atoms with Gasteiger partial charge in [0.15, 0.2) is 0 Å². The molecule has 6 nitrogen and oxygen atoms in total. The first-order valence-electron chi connectivity index (χ1n) is 13.8. The summed E-state index contributed by atoms with van der Waals surface area (Å²) >= 11 is 3.76. The van der Waals surface area contributed by atoms with Gasteiger partial charge in [0.05, 0.1) is 12.8 Å².